The van der Waals surface area contributed by atoms with Gasteiger partial charge in [0.2, 0.25) is 0 Å². The highest BCUT2D eigenvalue weighted by Crippen LogP contribution is 2.61. The molecule has 0 aliphatic heterocycles. The van der Waals surface area contributed by atoms with E-state index in [1.165, 1.54) is 57.8 Å². The van der Waals surface area contributed by atoms with E-state index in [-0.39, 0.29) is 27.1 Å². The van der Waals surface area contributed by atoms with Crippen molar-refractivity contribution in [3.8, 4) is 0 Å². The highest BCUT2D eigenvalue weighted by atomic mass is 14.6. The van der Waals surface area contributed by atoms with Crippen molar-refractivity contribution in [2.75, 3.05) is 0 Å². The molecule has 0 N–H and O–H groups in total. The Bertz CT molecular complexity index is 819. The summed E-state index contributed by atoms with van der Waals surface area (Å²) in [6, 6.07) is 0. The summed E-state index contributed by atoms with van der Waals surface area (Å²) in [5, 5.41) is 0. The van der Waals surface area contributed by atoms with Gasteiger partial charge in [-0.1, -0.05) is 56.0 Å². The molecule has 8 aliphatic rings. The first-order valence-electron chi connectivity index (χ1n) is 13.5. The van der Waals surface area contributed by atoms with Gasteiger partial charge in [0.25, 0.3) is 0 Å². The third-order valence-corrected chi connectivity index (χ3v) is 11.1. The standard InChI is InChI=1S/2C15H20.CH4.2B.2H2/c1-3-10-4-2-6-13-14(12(10)5-1)8-7-11-9-15(11)13;1-3-12-10-15(7-2-5-13(15)4-1)8-6-11-9-14(11)12;;;;;/h1-2,5-6,10-15H,3-4,7-9H2;1-3,7,11-14H,4-6,8-10H2;1H4;;;2*1H/t;11?,12?,13?,14?,15-;;;;;/m.0...../s1/i;;;;;2*1+1. The average Bonchev–Trinajstić information content (AvgIpc) is 3.65. The molecular formula is C31H48B2. The van der Waals surface area contributed by atoms with Gasteiger partial charge >= 0.3 is 0 Å². The topological polar surface area (TPSA) is 0 Å². The Balaban J connectivity index is 0.000000216. The van der Waals surface area contributed by atoms with Crippen LogP contribution in [0.15, 0.2) is 48.6 Å². The minimum Gasteiger partial charge on any atom is -0.0879 e. The van der Waals surface area contributed by atoms with Crippen molar-refractivity contribution in [2.24, 2.45) is 64.6 Å². The van der Waals surface area contributed by atoms with Gasteiger partial charge in [0.15, 0.2) is 0 Å². The van der Waals surface area contributed by atoms with Crippen LogP contribution in [0.3, 0.4) is 0 Å². The summed E-state index contributed by atoms with van der Waals surface area (Å²) in [4.78, 5) is 0. The summed E-state index contributed by atoms with van der Waals surface area (Å²) in [7, 11) is 0. The van der Waals surface area contributed by atoms with Crippen molar-refractivity contribution >= 4 is 16.8 Å². The maximum Gasteiger partial charge on any atom is 0 e. The fourth-order valence-electron chi connectivity index (χ4n) is 9.20. The van der Waals surface area contributed by atoms with Crippen LogP contribution in [0.4, 0.5) is 0 Å². The largest absolute Gasteiger partial charge is 0.0879 e. The first-order valence-corrected chi connectivity index (χ1v) is 13.5. The molecule has 11 atom stereocenters. The maximum absolute atomic E-state index is 2.60. The van der Waals surface area contributed by atoms with Crippen LogP contribution in [0.2, 0.25) is 0 Å². The summed E-state index contributed by atoms with van der Waals surface area (Å²) in [5.41, 5.74) is 0.627. The van der Waals surface area contributed by atoms with Crippen LogP contribution in [0.5, 0.6) is 0 Å². The molecule has 0 heterocycles. The lowest BCUT2D eigenvalue weighted by molar-refractivity contribution is 0.182. The molecule has 0 saturated heterocycles. The number of hydrogen-bond donors (Lipinski definition) is 0. The second-order valence-electron chi connectivity index (χ2n) is 12.4. The summed E-state index contributed by atoms with van der Waals surface area (Å²) in [6.07, 6.45) is 36.3. The minimum atomic E-state index is 0. The van der Waals surface area contributed by atoms with Gasteiger partial charge in [-0.3, -0.25) is 0 Å². The molecular weight excluding hydrogens is 394 g/mol. The van der Waals surface area contributed by atoms with E-state index < -0.39 is 0 Å². The quantitative estimate of drug-likeness (QED) is 0.262. The highest BCUT2D eigenvalue weighted by Gasteiger charge is 2.52. The lowest BCUT2D eigenvalue weighted by Gasteiger charge is -2.34. The van der Waals surface area contributed by atoms with Crippen molar-refractivity contribution in [3.05, 3.63) is 48.6 Å². The molecule has 8 rings (SSSR count). The van der Waals surface area contributed by atoms with Crippen molar-refractivity contribution in [3.63, 3.8) is 0 Å². The van der Waals surface area contributed by atoms with E-state index in [9.17, 15) is 0 Å². The molecule has 2 heteroatoms. The SMILES string of the molecule is C.C1=CC2C(C1)CC=CC1C3CC3CCC21.C1=CC2C[C@]3(C=CCC3C1)CCC1CC21.[2HH].[2HH].[B].[B]. The number of fused-ring (bicyclic) bond motifs is 8. The van der Waals surface area contributed by atoms with Gasteiger partial charge in [0, 0.05) is 19.7 Å². The minimum absolute atomic E-state index is 0. The Morgan fingerprint density at radius 3 is 2.18 bits per heavy atom. The highest BCUT2D eigenvalue weighted by molar-refractivity contribution is 5.76. The predicted molar refractivity (Wildman–Crippen MR) is 147 cm³/mol. The molecule has 1 spiro atoms. The molecule has 6 radical (unpaired) electrons. The Morgan fingerprint density at radius 2 is 1.33 bits per heavy atom. The van der Waals surface area contributed by atoms with Gasteiger partial charge in [-0.05, 0) is 135 Å². The summed E-state index contributed by atoms with van der Waals surface area (Å²) in [5.74, 6) is 10.2. The molecule has 2 bridgehead atoms. The second kappa shape index (κ2) is 9.62. The van der Waals surface area contributed by atoms with Gasteiger partial charge in [-0.2, -0.15) is 0 Å². The molecule has 0 aromatic heterocycles. The van der Waals surface area contributed by atoms with Crippen molar-refractivity contribution < 1.29 is 2.85 Å². The first kappa shape index (κ1) is 25.2. The van der Waals surface area contributed by atoms with Gasteiger partial charge in [-0.25, -0.2) is 0 Å². The van der Waals surface area contributed by atoms with Crippen molar-refractivity contribution in [1.29, 1.82) is 0 Å². The molecule has 4 fully saturated rings. The third kappa shape index (κ3) is 4.31. The molecule has 0 aromatic rings. The maximum atomic E-state index is 2.60. The Hall–Kier alpha value is -0.910. The van der Waals surface area contributed by atoms with Gasteiger partial charge in [0.1, 0.15) is 0 Å². The molecule has 33 heavy (non-hydrogen) atoms. The summed E-state index contributed by atoms with van der Waals surface area (Å²) >= 11 is 0. The van der Waals surface area contributed by atoms with Crippen LogP contribution in [0, 0.1) is 64.6 Å². The van der Waals surface area contributed by atoms with E-state index in [0.29, 0.717) is 5.41 Å². The van der Waals surface area contributed by atoms with E-state index in [2.05, 4.69) is 48.6 Å². The third-order valence-electron chi connectivity index (χ3n) is 11.1. The van der Waals surface area contributed by atoms with Crippen LogP contribution < -0.4 is 0 Å². The van der Waals surface area contributed by atoms with Crippen LogP contribution in [-0.4, -0.2) is 16.8 Å². The zero-order chi connectivity index (χ0) is 19.7. The lowest BCUT2D eigenvalue weighted by Crippen LogP contribution is -2.28. The van der Waals surface area contributed by atoms with Crippen molar-refractivity contribution in [1.82, 2.24) is 0 Å². The normalized spacial score (nSPS) is 50.4. The average molecular weight is 444 g/mol. The number of rotatable bonds is 0. The molecule has 0 aromatic carbocycles. The van der Waals surface area contributed by atoms with Gasteiger partial charge in [0.05, 0.1) is 0 Å². The second-order valence-corrected chi connectivity index (χ2v) is 12.4. The zero-order valence-corrected chi connectivity index (χ0v) is 19.8. The molecule has 0 amide bonds. The van der Waals surface area contributed by atoms with Crippen LogP contribution >= 0.6 is 0 Å². The Kier molecular flexibility index (Phi) is 7.34. The molecule has 4 saturated carbocycles. The monoisotopic (exact) mass is 444 g/mol. The number of allylic oxidation sites excluding steroid dienone is 8. The summed E-state index contributed by atoms with van der Waals surface area (Å²) < 4.78 is 0. The lowest BCUT2D eigenvalue weighted by atomic mass is 9.70. The van der Waals surface area contributed by atoms with Crippen LogP contribution in [-0.2, 0) is 0 Å². The smallest absolute Gasteiger partial charge is 0 e. The molecule has 10 unspecified atom stereocenters. The molecule has 0 nitrogen and oxygen atoms in total. The van der Waals surface area contributed by atoms with Gasteiger partial charge in [-0.15, -0.1) is 0 Å². The Morgan fingerprint density at radius 1 is 0.636 bits per heavy atom. The van der Waals surface area contributed by atoms with E-state index in [1.807, 2.05) is 0 Å². The Labute approximate surface area is 211 Å². The van der Waals surface area contributed by atoms with Crippen LogP contribution in [0.25, 0.3) is 0 Å². The van der Waals surface area contributed by atoms with E-state index in [4.69, 9.17) is 0 Å². The van der Waals surface area contributed by atoms with Gasteiger partial charge < -0.3 is 0 Å². The first-order chi connectivity index (χ1) is 14.8. The van der Waals surface area contributed by atoms with E-state index in [0.717, 1.165) is 59.2 Å². The molecule has 8 aliphatic carbocycles. The van der Waals surface area contributed by atoms with E-state index >= 15 is 0 Å². The zero-order valence-electron chi connectivity index (χ0n) is 19.8. The van der Waals surface area contributed by atoms with Crippen LogP contribution in [0.1, 0.15) is 80.9 Å². The summed E-state index contributed by atoms with van der Waals surface area (Å²) in [6.45, 7) is 0. The fourth-order valence-corrected chi connectivity index (χ4v) is 9.20. The molecule has 178 valence electrons. The fraction of sp³-hybridized carbons (Fsp3) is 0.742. The van der Waals surface area contributed by atoms with Crippen molar-refractivity contribution in [2.45, 2.75) is 78.1 Å². The van der Waals surface area contributed by atoms with E-state index in [1.54, 1.807) is 12.8 Å². The predicted octanol–water partition coefficient (Wildman–Crippen LogP) is 8.11. The number of hydrogen-bond acceptors (Lipinski definition) is 0.